The zero-order valence-electron chi connectivity index (χ0n) is 12.8. The number of hydrogen-bond acceptors (Lipinski definition) is 4. The number of nitrogens with two attached hydrogens (primary N) is 1. The van der Waals surface area contributed by atoms with Gasteiger partial charge in [-0.1, -0.05) is 24.9 Å². The molecule has 0 saturated carbocycles. The van der Waals surface area contributed by atoms with Gasteiger partial charge in [0.25, 0.3) is 0 Å². The highest BCUT2D eigenvalue weighted by molar-refractivity contribution is 6.30. The molecule has 3 N–H and O–H groups in total. The highest BCUT2D eigenvalue weighted by Crippen LogP contribution is 2.34. The molecule has 1 aliphatic rings. The Labute approximate surface area is 131 Å². The van der Waals surface area contributed by atoms with Crippen molar-refractivity contribution in [3.63, 3.8) is 0 Å². The molecule has 2 rings (SSSR count). The first-order valence-electron chi connectivity index (χ1n) is 7.71. The molecule has 1 aromatic carbocycles. The van der Waals surface area contributed by atoms with Gasteiger partial charge in [-0.25, -0.2) is 0 Å². The Kier molecular flexibility index (Phi) is 6.30. The third-order valence-corrected chi connectivity index (χ3v) is 4.10. The van der Waals surface area contributed by atoms with E-state index in [4.69, 9.17) is 26.9 Å². The highest BCUT2D eigenvalue weighted by Gasteiger charge is 2.24. The van der Waals surface area contributed by atoms with E-state index in [9.17, 15) is 0 Å². The van der Waals surface area contributed by atoms with Crippen molar-refractivity contribution in [2.24, 2.45) is 5.84 Å². The number of ether oxygens (including phenoxy) is 2. The molecule has 0 aliphatic carbocycles. The van der Waals surface area contributed by atoms with Crippen molar-refractivity contribution in [3.8, 4) is 5.75 Å². The van der Waals surface area contributed by atoms with Crippen LogP contribution in [0.1, 0.15) is 37.8 Å². The Morgan fingerprint density at radius 2 is 2.24 bits per heavy atom. The topological polar surface area (TPSA) is 56.5 Å². The fourth-order valence-corrected chi connectivity index (χ4v) is 3.19. The molecule has 0 amide bonds. The van der Waals surface area contributed by atoms with Crippen molar-refractivity contribution in [1.82, 2.24) is 5.43 Å². The highest BCUT2D eigenvalue weighted by atomic mass is 35.5. The predicted octanol–water partition coefficient (Wildman–Crippen LogP) is 2.85. The summed E-state index contributed by atoms with van der Waals surface area (Å²) in [5.74, 6) is 6.74. The number of hydrogen-bond donors (Lipinski definition) is 2. The Morgan fingerprint density at radius 3 is 2.90 bits per heavy atom. The second-order valence-electron chi connectivity index (χ2n) is 5.41. The Balaban J connectivity index is 2.18. The van der Waals surface area contributed by atoms with Gasteiger partial charge < -0.3 is 9.47 Å². The lowest BCUT2D eigenvalue weighted by Gasteiger charge is -2.27. The van der Waals surface area contributed by atoms with E-state index in [-0.39, 0.29) is 12.1 Å². The molecule has 0 fully saturated rings. The molecule has 2 unspecified atom stereocenters. The molecule has 2 atom stereocenters. The quantitative estimate of drug-likeness (QED) is 0.572. The van der Waals surface area contributed by atoms with Gasteiger partial charge in [0.1, 0.15) is 5.75 Å². The third kappa shape index (κ3) is 4.10. The van der Waals surface area contributed by atoms with E-state index in [2.05, 4.69) is 12.3 Å². The van der Waals surface area contributed by atoms with Gasteiger partial charge >= 0.3 is 0 Å². The smallest absolute Gasteiger partial charge is 0.125 e. The van der Waals surface area contributed by atoms with E-state index in [0.717, 1.165) is 48.6 Å². The van der Waals surface area contributed by atoms with Crippen LogP contribution in [0.3, 0.4) is 0 Å². The first-order chi connectivity index (χ1) is 10.2. The summed E-state index contributed by atoms with van der Waals surface area (Å²) in [5, 5.41) is 0.758. The summed E-state index contributed by atoms with van der Waals surface area (Å²) in [7, 11) is 0. The van der Waals surface area contributed by atoms with E-state index in [1.807, 2.05) is 19.1 Å². The largest absolute Gasteiger partial charge is 0.493 e. The summed E-state index contributed by atoms with van der Waals surface area (Å²) in [4.78, 5) is 0. The van der Waals surface area contributed by atoms with Gasteiger partial charge in [-0.2, -0.15) is 0 Å². The standard InChI is InChI=1S/C16H25ClN2O2/c1-3-5-15(20-4-2)14(19-18)10-12-9-13(17)8-11-6-7-21-16(11)12/h8-9,14-15,19H,3-7,10,18H2,1-2H3. The Bertz CT molecular complexity index is 462. The molecule has 0 aromatic heterocycles. The number of halogens is 1. The van der Waals surface area contributed by atoms with Crippen molar-refractivity contribution in [3.05, 3.63) is 28.3 Å². The maximum atomic E-state index is 6.22. The molecule has 0 spiro atoms. The van der Waals surface area contributed by atoms with Gasteiger partial charge in [0.05, 0.1) is 18.8 Å². The minimum atomic E-state index is 0.0525. The van der Waals surface area contributed by atoms with Crippen LogP contribution >= 0.6 is 11.6 Å². The van der Waals surface area contributed by atoms with E-state index in [0.29, 0.717) is 6.61 Å². The molecule has 5 heteroatoms. The minimum Gasteiger partial charge on any atom is -0.493 e. The zero-order valence-corrected chi connectivity index (χ0v) is 13.6. The lowest BCUT2D eigenvalue weighted by molar-refractivity contribution is 0.0280. The monoisotopic (exact) mass is 312 g/mol. The minimum absolute atomic E-state index is 0.0525. The van der Waals surface area contributed by atoms with Gasteiger partial charge in [0.15, 0.2) is 0 Å². The summed E-state index contributed by atoms with van der Waals surface area (Å²) in [6, 6.07) is 4.02. The summed E-state index contributed by atoms with van der Waals surface area (Å²) in [5.41, 5.74) is 5.21. The van der Waals surface area contributed by atoms with Gasteiger partial charge in [-0.15, -0.1) is 0 Å². The zero-order chi connectivity index (χ0) is 15.2. The molecule has 1 heterocycles. The number of fused-ring (bicyclic) bond motifs is 1. The average molecular weight is 313 g/mol. The van der Waals surface area contributed by atoms with Crippen molar-refractivity contribution in [2.75, 3.05) is 13.2 Å². The van der Waals surface area contributed by atoms with Crippen LogP contribution in [-0.2, 0) is 17.6 Å². The van der Waals surface area contributed by atoms with Gasteiger partial charge in [0.2, 0.25) is 0 Å². The number of benzene rings is 1. The molecule has 21 heavy (non-hydrogen) atoms. The molecule has 4 nitrogen and oxygen atoms in total. The fourth-order valence-electron chi connectivity index (χ4n) is 2.93. The Hall–Kier alpha value is -0.810. The van der Waals surface area contributed by atoms with Crippen molar-refractivity contribution in [2.45, 2.75) is 51.7 Å². The van der Waals surface area contributed by atoms with Crippen LogP contribution in [0.5, 0.6) is 5.75 Å². The van der Waals surface area contributed by atoms with Crippen molar-refractivity contribution < 1.29 is 9.47 Å². The van der Waals surface area contributed by atoms with E-state index < -0.39 is 0 Å². The van der Waals surface area contributed by atoms with E-state index >= 15 is 0 Å². The van der Waals surface area contributed by atoms with E-state index in [1.165, 1.54) is 5.56 Å². The van der Waals surface area contributed by atoms with E-state index in [1.54, 1.807) is 0 Å². The predicted molar refractivity (Wildman–Crippen MR) is 85.8 cm³/mol. The van der Waals surface area contributed by atoms with Gasteiger partial charge in [0, 0.05) is 18.1 Å². The molecular weight excluding hydrogens is 288 g/mol. The first-order valence-corrected chi connectivity index (χ1v) is 8.09. The molecule has 1 aromatic rings. The molecule has 118 valence electrons. The SMILES string of the molecule is CCCC(OCC)C(Cc1cc(Cl)cc2c1OCC2)NN. The van der Waals surface area contributed by atoms with Gasteiger partial charge in [-0.3, -0.25) is 11.3 Å². The fraction of sp³-hybridized carbons (Fsp3) is 0.625. The van der Waals surface area contributed by atoms with Crippen LogP contribution in [0.4, 0.5) is 0 Å². The summed E-state index contributed by atoms with van der Waals surface area (Å²) >= 11 is 6.22. The maximum Gasteiger partial charge on any atom is 0.125 e. The molecule has 1 aliphatic heterocycles. The molecule has 0 saturated heterocycles. The van der Waals surface area contributed by atoms with Crippen LogP contribution in [0.2, 0.25) is 5.02 Å². The molecule has 0 radical (unpaired) electrons. The molecule has 0 bridgehead atoms. The lowest BCUT2D eigenvalue weighted by atomic mass is 9.96. The summed E-state index contributed by atoms with van der Waals surface area (Å²) in [6.07, 6.45) is 3.82. The van der Waals surface area contributed by atoms with Crippen molar-refractivity contribution >= 4 is 11.6 Å². The third-order valence-electron chi connectivity index (χ3n) is 3.88. The Morgan fingerprint density at radius 1 is 1.43 bits per heavy atom. The van der Waals surface area contributed by atoms with Crippen LogP contribution in [-0.4, -0.2) is 25.4 Å². The second-order valence-corrected chi connectivity index (χ2v) is 5.85. The number of nitrogens with one attached hydrogen (secondary N) is 1. The summed E-state index contributed by atoms with van der Waals surface area (Å²) in [6.45, 7) is 5.58. The maximum absolute atomic E-state index is 6.22. The molecular formula is C16H25ClN2O2. The lowest BCUT2D eigenvalue weighted by Crippen LogP contribution is -2.46. The van der Waals surface area contributed by atoms with Crippen molar-refractivity contribution in [1.29, 1.82) is 0 Å². The average Bonchev–Trinajstić information content (AvgIpc) is 2.92. The van der Waals surface area contributed by atoms with Gasteiger partial charge in [-0.05, 0) is 43.0 Å². The van der Waals surface area contributed by atoms with Crippen LogP contribution in [0.25, 0.3) is 0 Å². The van der Waals surface area contributed by atoms with Crippen LogP contribution in [0, 0.1) is 0 Å². The first kappa shape index (κ1) is 16.6. The summed E-state index contributed by atoms with van der Waals surface area (Å²) < 4.78 is 11.6. The second kappa shape index (κ2) is 7.99. The van der Waals surface area contributed by atoms with Crippen LogP contribution in [0.15, 0.2) is 12.1 Å². The normalized spacial score (nSPS) is 16.4. The van der Waals surface area contributed by atoms with Crippen LogP contribution < -0.4 is 16.0 Å². The number of rotatable bonds is 8. The number of hydrazine groups is 1.